The summed E-state index contributed by atoms with van der Waals surface area (Å²) in [7, 11) is 0. The van der Waals surface area contributed by atoms with E-state index in [2.05, 4.69) is 24.3 Å². The third kappa shape index (κ3) is 1.26. The molecule has 0 aromatic heterocycles. The van der Waals surface area contributed by atoms with Crippen molar-refractivity contribution in [1.82, 2.24) is 0 Å². The molecule has 1 aliphatic rings. The molecule has 2 heteroatoms. The van der Waals surface area contributed by atoms with Crippen molar-refractivity contribution in [2.24, 2.45) is 0 Å². The van der Waals surface area contributed by atoms with Crippen LogP contribution < -0.4 is 0 Å². The Bertz CT molecular complexity index is 545. The summed E-state index contributed by atoms with van der Waals surface area (Å²) in [5, 5.41) is 10.3. The van der Waals surface area contributed by atoms with Gasteiger partial charge in [0.05, 0.1) is 18.9 Å². The third-order valence-electron chi connectivity index (χ3n) is 2.82. The van der Waals surface area contributed by atoms with Crippen LogP contribution >= 0.6 is 0 Å². The summed E-state index contributed by atoms with van der Waals surface area (Å²) in [5.74, 6) is 0. The van der Waals surface area contributed by atoms with Gasteiger partial charge >= 0.3 is 0 Å². The average molecular weight is 197 g/mol. The molecule has 0 saturated heterocycles. The SMILES string of the molecule is N=C1COCc2ccc3ccccc3c21. The second-order valence-electron chi connectivity index (χ2n) is 3.79. The number of hydrogen-bond acceptors (Lipinski definition) is 2. The highest BCUT2D eigenvalue weighted by molar-refractivity contribution is 6.11. The summed E-state index contributed by atoms with van der Waals surface area (Å²) in [6.07, 6.45) is 0. The molecule has 0 amide bonds. The minimum Gasteiger partial charge on any atom is -0.370 e. The van der Waals surface area contributed by atoms with E-state index in [1.807, 2.05) is 12.1 Å². The predicted octanol–water partition coefficient (Wildman–Crippen LogP) is 2.74. The van der Waals surface area contributed by atoms with Crippen LogP contribution in [-0.4, -0.2) is 12.3 Å². The van der Waals surface area contributed by atoms with Gasteiger partial charge in [-0.2, -0.15) is 0 Å². The Morgan fingerprint density at radius 2 is 1.87 bits per heavy atom. The van der Waals surface area contributed by atoms with E-state index in [9.17, 15) is 0 Å². The van der Waals surface area contributed by atoms with Crippen LogP contribution in [0.15, 0.2) is 36.4 Å². The number of fused-ring (bicyclic) bond motifs is 3. The Kier molecular flexibility index (Phi) is 1.82. The molecule has 0 saturated carbocycles. The van der Waals surface area contributed by atoms with E-state index < -0.39 is 0 Å². The fourth-order valence-electron chi connectivity index (χ4n) is 2.13. The van der Waals surface area contributed by atoms with Crippen molar-refractivity contribution in [3.8, 4) is 0 Å². The molecule has 0 aliphatic carbocycles. The normalized spacial score (nSPS) is 15.3. The zero-order chi connectivity index (χ0) is 10.3. The quantitative estimate of drug-likeness (QED) is 0.692. The molecule has 2 aromatic carbocycles. The second-order valence-corrected chi connectivity index (χ2v) is 3.79. The van der Waals surface area contributed by atoms with E-state index in [-0.39, 0.29) is 0 Å². The van der Waals surface area contributed by atoms with Crippen LogP contribution in [0.2, 0.25) is 0 Å². The van der Waals surface area contributed by atoms with E-state index in [1.165, 1.54) is 10.8 Å². The van der Waals surface area contributed by atoms with Crippen LogP contribution in [0.25, 0.3) is 10.8 Å². The van der Waals surface area contributed by atoms with Gasteiger partial charge in [-0.15, -0.1) is 0 Å². The Morgan fingerprint density at radius 1 is 1.00 bits per heavy atom. The molecule has 15 heavy (non-hydrogen) atoms. The Labute approximate surface area is 88.0 Å². The maximum Gasteiger partial charge on any atom is 0.0891 e. The summed E-state index contributed by atoms with van der Waals surface area (Å²) >= 11 is 0. The smallest absolute Gasteiger partial charge is 0.0891 e. The van der Waals surface area contributed by atoms with Crippen molar-refractivity contribution in [3.05, 3.63) is 47.5 Å². The average Bonchev–Trinajstić information content (AvgIpc) is 2.29. The van der Waals surface area contributed by atoms with Crippen molar-refractivity contribution < 1.29 is 4.74 Å². The van der Waals surface area contributed by atoms with E-state index in [0.717, 1.165) is 11.1 Å². The first-order valence-corrected chi connectivity index (χ1v) is 5.02. The van der Waals surface area contributed by atoms with Crippen LogP contribution in [0, 0.1) is 5.41 Å². The summed E-state index contributed by atoms with van der Waals surface area (Å²) in [6, 6.07) is 12.4. The standard InChI is InChI=1S/C13H11NO/c14-12-8-15-7-10-6-5-9-3-1-2-4-11(9)13(10)12/h1-6,14H,7-8H2. The molecule has 1 heterocycles. The van der Waals surface area contributed by atoms with Crippen LogP contribution in [0.1, 0.15) is 11.1 Å². The van der Waals surface area contributed by atoms with Crippen molar-refractivity contribution >= 4 is 16.5 Å². The van der Waals surface area contributed by atoms with Crippen molar-refractivity contribution in [3.63, 3.8) is 0 Å². The first-order valence-electron chi connectivity index (χ1n) is 5.02. The van der Waals surface area contributed by atoms with Crippen LogP contribution in [-0.2, 0) is 11.3 Å². The molecule has 0 fully saturated rings. The summed E-state index contributed by atoms with van der Waals surface area (Å²) in [5.41, 5.74) is 2.79. The molecular weight excluding hydrogens is 186 g/mol. The largest absolute Gasteiger partial charge is 0.370 e. The van der Waals surface area contributed by atoms with Gasteiger partial charge in [0, 0.05) is 5.56 Å². The number of rotatable bonds is 0. The highest BCUT2D eigenvalue weighted by Gasteiger charge is 2.16. The number of hydrogen-bond donors (Lipinski definition) is 1. The lowest BCUT2D eigenvalue weighted by Gasteiger charge is -2.19. The van der Waals surface area contributed by atoms with Gasteiger partial charge in [-0.05, 0) is 16.3 Å². The van der Waals surface area contributed by atoms with Crippen molar-refractivity contribution in [1.29, 1.82) is 5.41 Å². The molecule has 74 valence electrons. The van der Waals surface area contributed by atoms with Gasteiger partial charge in [0.1, 0.15) is 0 Å². The maximum absolute atomic E-state index is 7.93. The molecule has 0 unspecified atom stereocenters. The Morgan fingerprint density at radius 3 is 2.80 bits per heavy atom. The number of ether oxygens (including phenoxy) is 1. The van der Waals surface area contributed by atoms with E-state index in [1.54, 1.807) is 0 Å². The lowest BCUT2D eigenvalue weighted by Crippen LogP contribution is -2.18. The zero-order valence-corrected chi connectivity index (χ0v) is 8.29. The monoisotopic (exact) mass is 197 g/mol. The second kappa shape index (κ2) is 3.17. The topological polar surface area (TPSA) is 33.1 Å². The predicted molar refractivity (Wildman–Crippen MR) is 60.4 cm³/mol. The van der Waals surface area contributed by atoms with Crippen LogP contribution in [0.5, 0.6) is 0 Å². The van der Waals surface area contributed by atoms with E-state index in [0.29, 0.717) is 18.9 Å². The third-order valence-corrected chi connectivity index (χ3v) is 2.82. The van der Waals surface area contributed by atoms with Gasteiger partial charge in [0.15, 0.2) is 0 Å². The Balaban J connectivity index is 2.40. The van der Waals surface area contributed by atoms with Gasteiger partial charge < -0.3 is 10.1 Å². The van der Waals surface area contributed by atoms with Crippen LogP contribution in [0.3, 0.4) is 0 Å². The highest BCUT2D eigenvalue weighted by Crippen LogP contribution is 2.26. The minimum absolute atomic E-state index is 0.432. The molecule has 2 nitrogen and oxygen atoms in total. The number of nitrogens with one attached hydrogen (secondary N) is 1. The minimum atomic E-state index is 0.432. The van der Waals surface area contributed by atoms with Crippen molar-refractivity contribution in [2.45, 2.75) is 6.61 Å². The molecule has 0 atom stereocenters. The first kappa shape index (κ1) is 8.62. The lowest BCUT2D eigenvalue weighted by molar-refractivity contribution is 0.152. The van der Waals surface area contributed by atoms with Crippen LogP contribution in [0.4, 0.5) is 0 Å². The molecule has 3 rings (SSSR count). The molecule has 0 bridgehead atoms. The van der Waals surface area contributed by atoms with E-state index >= 15 is 0 Å². The number of benzene rings is 2. The van der Waals surface area contributed by atoms with Gasteiger partial charge in [-0.25, -0.2) is 0 Å². The molecule has 0 spiro atoms. The molecule has 1 aliphatic heterocycles. The van der Waals surface area contributed by atoms with E-state index in [4.69, 9.17) is 10.1 Å². The molecule has 1 N–H and O–H groups in total. The first-order chi connectivity index (χ1) is 7.36. The fourth-order valence-corrected chi connectivity index (χ4v) is 2.13. The molecular formula is C13H11NO. The lowest BCUT2D eigenvalue weighted by atomic mass is 9.95. The highest BCUT2D eigenvalue weighted by atomic mass is 16.5. The van der Waals surface area contributed by atoms with Gasteiger partial charge in [-0.1, -0.05) is 36.4 Å². The zero-order valence-electron chi connectivity index (χ0n) is 8.29. The Hall–Kier alpha value is -1.67. The summed E-state index contributed by atoms with van der Waals surface area (Å²) in [4.78, 5) is 0. The van der Waals surface area contributed by atoms with Gasteiger partial charge in [0.25, 0.3) is 0 Å². The summed E-state index contributed by atoms with van der Waals surface area (Å²) < 4.78 is 5.33. The summed E-state index contributed by atoms with van der Waals surface area (Å²) in [6.45, 7) is 1.06. The van der Waals surface area contributed by atoms with Crippen molar-refractivity contribution in [2.75, 3.05) is 6.61 Å². The maximum atomic E-state index is 7.93. The van der Waals surface area contributed by atoms with Gasteiger partial charge in [-0.3, -0.25) is 0 Å². The molecule has 0 radical (unpaired) electrons. The fraction of sp³-hybridized carbons (Fsp3) is 0.154. The molecule has 2 aromatic rings. The van der Waals surface area contributed by atoms with Gasteiger partial charge in [0.2, 0.25) is 0 Å².